The number of thioether (sulfide) groups is 1. The van der Waals surface area contributed by atoms with E-state index in [1.165, 1.54) is 11.8 Å². The fourth-order valence-corrected chi connectivity index (χ4v) is 6.10. The van der Waals surface area contributed by atoms with Gasteiger partial charge >= 0.3 is 5.97 Å². The van der Waals surface area contributed by atoms with Crippen LogP contribution in [0.2, 0.25) is 0 Å². The molecule has 1 fully saturated rings. The number of amides is 1. The Hall–Kier alpha value is -4.63. The number of benzene rings is 3. The standard InChI is InChI=1S/C34H32N4O4S/c1-2-41-33(40)25-16-18-37(19-17-25)34-35-32(39)30(43-34)21-27-22-38(28-13-7-4-8-14-28)36-31(27)26-12-9-15-29(20-26)42-23-24-10-5-3-6-11-24/h3-15,20-22,25H,2,16-19,23H2,1H3. The quantitative estimate of drug-likeness (QED) is 0.174. The summed E-state index contributed by atoms with van der Waals surface area (Å²) in [5.41, 5.74) is 4.42. The molecule has 3 heterocycles. The van der Waals surface area contributed by atoms with Gasteiger partial charge in [-0.05, 0) is 67.4 Å². The molecule has 9 heteroatoms. The highest BCUT2D eigenvalue weighted by Crippen LogP contribution is 2.35. The van der Waals surface area contributed by atoms with Crippen LogP contribution >= 0.6 is 11.8 Å². The van der Waals surface area contributed by atoms with Gasteiger partial charge in [-0.2, -0.15) is 10.1 Å². The summed E-state index contributed by atoms with van der Waals surface area (Å²) < 4.78 is 13.1. The number of likely N-dealkylation sites (tertiary alicyclic amines) is 1. The zero-order chi connectivity index (χ0) is 29.6. The molecule has 6 rings (SSSR count). The highest BCUT2D eigenvalue weighted by molar-refractivity contribution is 8.18. The molecule has 0 bridgehead atoms. The molecular weight excluding hydrogens is 560 g/mol. The molecule has 0 radical (unpaired) electrons. The van der Waals surface area contributed by atoms with Crippen molar-refractivity contribution in [1.29, 1.82) is 0 Å². The molecule has 43 heavy (non-hydrogen) atoms. The number of esters is 1. The fraction of sp³-hybridized carbons (Fsp3) is 0.235. The Morgan fingerprint density at radius 3 is 2.49 bits per heavy atom. The third kappa shape index (κ3) is 6.73. The number of hydrogen-bond donors (Lipinski definition) is 0. The Morgan fingerprint density at radius 1 is 1.00 bits per heavy atom. The van der Waals surface area contributed by atoms with Crippen LogP contribution in [-0.2, 0) is 20.9 Å². The van der Waals surface area contributed by atoms with E-state index in [0.717, 1.165) is 33.8 Å². The summed E-state index contributed by atoms with van der Waals surface area (Å²) in [6, 6.07) is 27.8. The van der Waals surface area contributed by atoms with E-state index in [1.807, 2.05) is 109 Å². The summed E-state index contributed by atoms with van der Waals surface area (Å²) in [4.78, 5) is 32.2. The molecule has 2 aliphatic heterocycles. The predicted molar refractivity (Wildman–Crippen MR) is 169 cm³/mol. The van der Waals surface area contributed by atoms with Crippen molar-refractivity contribution in [3.05, 3.63) is 107 Å². The van der Waals surface area contributed by atoms with Gasteiger partial charge in [0.15, 0.2) is 5.17 Å². The van der Waals surface area contributed by atoms with Gasteiger partial charge in [0, 0.05) is 30.4 Å². The Balaban J connectivity index is 1.24. The normalized spacial score (nSPS) is 16.4. The molecule has 8 nitrogen and oxygen atoms in total. The number of aromatic nitrogens is 2. The Bertz CT molecular complexity index is 1660. The van der Waals surface area contributed by atoms with Crippen molar-refractivity contribution in [3.8, 4) is 22.7 Å². The van der Waals surface area contributed by atoms with Gasteiger partial charge in [-0.15, -0.1) is 0 Å². The third-order valence-corrected chi connectivity index (χ3v) is 8.44. The zero-order valence-electron chi connectivity index (χ0n) is 23.9. The molecule has 218 valence electrons. The molecule has 4 aromatic rings. The summed E-state index contributed by atoms with van der Waals surface area (Å²) >= 11 is 1.37. The molecule has 1 saturated heterocycles. The van der Waals surface area contributed by atoms with Crippen LogP contribution < -0.4 is 4.74 Å². The number of hydrogen-bond acceptors (Lipinski definition) is 7. The second-order valence-electron chi connectivity index (χ2n) is 10.3. The van der Waals surface area contributed by atoms with Crippen molar-refractivity contribution in [3.63, 3.8) is 0 Å². The maximum atomic E-state index is 13.1. The van der Waals surface area contributed by atoms with E-state index in [4.69, 9.17) is 14.6 Å². The SMILES string of the molecule is CCOC(=O)C1CCN(C2=NC(=O)C(=Cc3cn(-c4ccccc4)nc3-c3cccc(OCc4ccccc4)c3)S2)CC1. The molecular formula is C34H32N4O4S. The summed E-state index contributed by atoms with van der Waals surface area (Å²) in [7, 11) is 0. The highest BCUT2D eigenvalue weighted by atomic mass is 32.2. The molecule has 0 aliphatic carbocycles. The zero-order valence-corrected chi connectivity index (χ0v) is 24.7. The average molecular weight is 593 g/mol. The number of rotatable bonds is 8. The van der Waals surface area contributed by atoms with Crippen LogP contribution in [0.3, 0.4) is 0 Å². The van der Waals surface area contributed by atoms with E-state index in [1.54, 1.807) is 0 Å². The first-order valence-electron chi connectivity index (χ1n) is 14.4. The molecule has 0 unspecified atom stereocenters. The van der Waals surface area contributed by atoms with Gasteiger partial charge in [-0.3, -0.25) is 9.59 Å². The van der Waals surface area contributed by atoms with Gasteiger partial charge in [0.1, 0.15) is 18.1 Å². The van der Waals surface area contributed by atoms with Crippen LogP contribution in [0.15, 0.2) is 101 Å². The predicted octanol–water partition coefficient (Wildman–Crippen LogP) is 6.36. The number of carbonyl (C=O) groups excluding carboxylic acids is 2. The monoisotopic (exact) mass is 592 g/mol. The summed E-state index contributed by atoms with van der Waals surface area (Å²) in [5, 5.41) is 5.60. The van der Waals surface area contributed by atoms with Crippen molar-refractivity contribution < 1.29 is 19.1 Å². The first kappa shape index (κ1) is 28.5. The third-order valence-electron chi connectivity index (χ3n) is 7.40. The first-order chi connectivity index (χ1) is 21.1. The Labute approximate surface area is 255 Å². The highest BCUT2D eigenvalue weighted by Gasteiger charge is 2.32. The lowest BCUT2D eigenvalue weighted by Gasteiger charge is -2.31. The van der Waals surface area contributed by atoms with Gasteiger partial charge in [0.05, 0.1) is 23.1 Å². The van der Waals surface area contributed by atoms with Gasteiger partial charge in [-0.1, -0.05) is 60.7 Å². The minimum atomic E-state index is -0.272. The topological polar surface area (TPSA) is 86.0 Å². The van der Waals surface area contributed by atoms with Crippen LogP contribution in [0.25, 0.3) is 23.0 Å². The van der Waals surface area contributed by atoms with Gasteiger partial charge in [0.2, 0.25) is 0 Å². The first-order valence-corrected chi connectivity index (χ1v) is 15.3. The maximum Gasteiger partial charge on any atom is 0.309 e. The van der Waals surface area contributed by atoms with Gasteiger partial charge < -0.3 is 14.4 Å². The molecule has 0 saturated carbocycles. The van der Waals surface area contributed by atoms with E-state index < -0.39 is 0 Å². The van der Waals surface area contributed by atoms with Crippen LogP contribution in [-0.4, -0.2) is 51.4 Å². The Kier molecular flexibility index (Phi) is 8.70. The summed E-state index contributed by atoms with van der Waals surface area (Å²) in [6.07, 6.45) is 5.17. The van der Waals surface area contributed by atoms with Crippen LogP contribution in [0.5, 0.6) is 5.75 Å². The van der Waals surface area contributed by atoms with Crippen molar-refractivity contribution in [2.75, 3.05) is 19.7 Å². The summed E-state index contributed by atoms with van der Waals surface area (Å²) in [5.74, 6) is 0.216. The lowest BCUT2D eigenvalue weighted by Crippen LogP contribution is -2.39. The van der Waals surface area contributed by atoms with Crippen LogP contribution in [0, 0.1) is 5.92 Å². The molecule has 0 atom stereocenters. The molecule has 0 spiro atoms. The number of carbonyl (C=O) groups is 2. The van der Waals surface area contributed by atoms with Crippen molar-refractivity contribution in [1.82, 2.24) is 14.7 Å². The van der Waals surface area contributed by atoms with Gasteiger partial charge in [0.25, 0.3) is 5.91 Å². The molecule has 3 aromatic carbocycles. The largest absolute Gasteiger partial charge is 0.489 e. The van der Waals surface area contributed by atoms with E-state index in [-0.39, 0.29) is 17.8 Å². The minimum Gasteiger partial charge on any atom is -0.489 e. The fourth-order valence-electron chi connectivity index (χ4n) is 5.15. The van der Waals surface area contributed by atoms with E-state index in [2.05, 4.69) is 9.89 Å². The second kappa shape index (κ2) is 13.1. The van der Waals surface area contributed by atoms with Crippen molar-refractivity contribution >= 4 is 34.9 Å². The number of piperidine rings is 1. The average Bonchev–Trinajstić information content (AvgIpc) is 3.65. The lowest BCUT2D eigenvalue weighted by molar-refractivity contribution is -0.149. The summed E-state index contributed by atoms with van der Waals surface area (Å²) in [6.45, 7) is 3.98. The minimum absolute atomic E-state index is 0.104. The molecule has 0 N–H and O–H groups in total. The second-order valence-corrected chi connectivity index (χ2v) is 11.3. The van der Waals surface area contributed by atoms with Crippen LogP contribution in [0.4, 0.5) is 0 Å². The Morgan fingerprint density at radius 2 is 1.74 bits per heavy atom. The number of amidine groups is 1. The number of ether oxygens (including phenoxy) is 2. The van der Waals surface area contributed by atoms with Crippen LogP contribution in [0.1, 0.15) is 30.9 Å². The molecule has 1 amide bonds. The maximum absolute atomic E-state index is 13.1. The van der Waals surface area contributed by atoms with E-state index in [0.29, 0.717) is 49.2 Å². The van der Waals surface area contributed by atoms with Crippen molar-refractivity contribution in [2.45, 2.75) is 26.4 Å². The number of aliphatic imine (C=N–C) groups is 1. The van der Waals surface area contributed by atoms with E-state index in [9.17, 15) is 9.59 Å². The molecule has 2 aliphatic rings. The smallest absolute Gasteiger partial charge is 0.309 e. The number of para-hydroxylation sites is 1. The van der Waals surface area contributed by atoms with Crippen molar-refractivity contribution in [2.24, 2.45) is 10.9 Å². The lowest BCUT2D eigenvalue weighted by atomic mass is 9.97. The van der Waals surface area contributed by atoms with Gasteiger partial charge in [-0.25, -0.2) is 4.68 Å². The van der Waals surface area contributed by atoms with E-state index >= 15 is 0 Å². The molecule has 1 aromatic heterocycles. The number of nitrogens with zero attached hydrogens (tertiary/aromatic N) is 4.